The van der Waals surface area contributed by atoms with Crippen LogP contribution in [-0.2, 0) is 5.41 Å². The highest BCUT2D eigenvalue weighted by atomic mass is 15.0. The fourth-order valence-corrected chi connectivity index (χ4v) is 10.2. The quantitative estimate of drug-likeness (QED) is 0.133. The van der Waals surface area contributed by atoms with Crippen molar-refractivity contribution in [2.45, 2.75) is 25.2 Å². The molecule has 0 radical (unpaired) electrons. The van der Waals surface area contributed by atoms with Gasteiger partial charge in [0.25, 0.3) is 0 Å². The lowest BCUT2D eigenvalue weighted by Crippen LogP contribution is -2.47. The summed E-state index contributed by atoms with van der Waals surface area (Å²) < 4.78 is 2.51. The first-order valence-electron chi connectivity index (χ1n) is 20.7. The zero-order chi connectivity index (χ0) is 40.8. The summed E-state index contributed by atoms with van der Waals surface area (Å²) in [6, 6.07) is 56.8. The van der Waals surface area contributed by atoms with E-state index in [-0.39, 0.29) is 23.6 Å². The Balaban J connectivity index is 1.21. The molecular weight excluding hydrogens is 731 g/mol. The molecule has 5 unspecified atom stereocenters. The van der Waals surface area contributed by atoms with Gasteiger partial charge in [-0.3, -0.25) is 5.41 Å². The van der Waals surface area contributed by atoms with Crippen LogP contribution in [-0.4, -0.2) is 22.5 Å². The molecule has 7 aromatic rings. The monoisotopic (exact) mass is 773 g/mol. The van der Waals surface area contributed by atoms with E-state index in [0.29, 0.717) is 22.9 Å². The van der Waals surface area contributed by atoms with E-state index < -0.39 is 5.41 Å². The summed E-state index contributed by atoms with van der Waals surface area (Å²) in [5.74, 6) is 1.39. The minimum atomic E-state index is -0.427. The van der Waals surface area contributed by atoms with Crippen LogP contribution in [0.2, 0.25) is 0 Å². The Morgan fingerprint density at radius 3 is 2.27 bits per heavy atom. The van der Waals surface area contributed by atoms with E-state index in [0.717, 1.165) is 22.3 Å². The SMILES string of the molecule is CC1C=c2c(n(-c3cccc(C=NC(=NC(=N)c4cccc(C#N)c4)c4ccccc4)c3)c3ccccc23)=C2C1c1ccccc1C2(c1ccccc1)C1C=CC=CC1C. The summed E-state index contributed by atoms with van der Waals surface area (Å²) in [7, 11) is 0. The number of nitrogens with one attached hydrogen (secondary N) is 1. The largest absolute Gasteiger partial charge is 0.309 e. The molecule has 10 rings (SSSR count). The molecule has 1 heterocycles. The van der Waals surface area contributed by atoms with Crippen LogP contribution in [0.5, 0.6) is 0 Å². The third-order valence-corrected chi connectivity index (χ3v) is 12.7. The topological polar surface area (TPSA) is 77.3 Å². The maximum atomic E-state index is 9.48. The Morgan fingerprint density at radius 1 is 0.733 bits per heavy atom. The number of hydrogen-bond donors (Lipinski definition) is 1. The third kappa shape index (κ3) is 5.95. The van der Waals surface area contributed by atoms with Crippen molar-refractivity contribution in [1.82, 2.24) is 4.57 Å². The predicted octanol–water partition coefficient (Wildman–Crippen LogP) is 10.4. The maximum Gasteiger partial charge on any atom is 0.161 e. The highest BCUT2D eigenvalue weighted by Gasteiger charge is 2.56. The molecule has 0 saturated heterocycles. The van der Waals surface area contributed by atoms with Crippen molar-refractivity contribution >= 4 is 40.4 Å². The molecule has 288 valence electrons. The number of fused-ring (bicyclic) bond motifs is 6. The number of nitrogens with zero attached hydrogens (tertiary/aromatic N) is 4. The van der Waals surface area contributed by atoms with Gasteiger partial charge in [0.2, 0.25) is 0 Å². The van der Waals surface area contributed by atoms with Crippen molar-refractivity contribution in [3.63, 3.8) is 0 Å². The average Bonchev–Trinajstić information content (AvgIpc) is 3.80. The van der Waals surface area contributed by atoms with E-state index in [9.17, 15) is 5.26 Å². The molecule has 6 aromatic carbocycles. The van der Waals surface area contributed by atoms with E-state index in [4.69, 9.17) is 15.4 Å². The van der Waals surface area contributed by atoms with Crippen molar-refractivity contribution in [1.29, 1.82) is 10.7 Å². The van der Waals surface area contributed by atoms with Gasteiger partial charge in [-0.25, -0.2) is 9.98 Å². The number of benzene rings is 6. The first kappa shape index (κ1) is 36.9. The Labute approximate surface area is 350 Å². The molecule has 60 heavy (non-hydrogen) atoms. The average molecular weight is 774 g/mol. The van der Waals surface area contributed by atoms with Gasteiger partial charge in [0.05, 0.1) is 27.9 Å². The minimum absolute atomic E-state index is 0.0384. The van der Waals surface area contributed by atoms with Gasteiger partial charge in [0.15, 0.2) is 11.7 Å². The summed E-state index contributed by atoms with van der Waals surface area (Å²) in [6.07, 6.45) is 13.7. The molecular formula is C55H43N5. The molecule has 0 saturated carbocycles. The van der Waals surface area contributed by atoms with Gasteiger partial charge in [0.1, 0.15) is 0 Å². The lowest BCUT2D eigenvalue weighted by atomic mass is 9.58. The summed E-state index contributed by atoms with van der Waals surface area (Å²) in [5, 5.41) is 22.2. The van der Waals surface area contributed by atoms with Crippen molar-refractivity contribution in [3.05, 3.63) is 232 Å². The summed E-state index contributed by atoms with van der Waals surface area (Å²) in [4.78, 5) is 9.66. The lowest BCUT2D eigenvalue weighted by Gasteiger charge is -2.44. The van der Waals surface area contributed by atoms with Gasteiger partial charge in [-0.05, 0) is 70.0 Å². The molecule has 0 spiro atoms. The van der Waals surface area contributed by atoms with Crippen LogP contribution in [0.15, 0.2) is 192 Å². The minimum Gasteiger partial charge on any atom is -0.309 e. The highest BCUT2D eigenvalue weighted by Crippen LogP contribution is 2.62. The summed E-state index contributed by atoms with van der Waals surface area (Å²) in [6.45, 7) is 4.78. The second-order valence-electron chi connectivity index (χ2n) is 16.1. The van der Waals surface area contributed by atoms with Crippen LogP contribution in [0.3, 0.4) is 0 Å². The van der Waals surface area contributed by atoms with Crippen LogP contribution in [0.25, 0.3) is 28.2 Å². The number of aromatic nitrogens is 1. The number of aliphatic imine (C=N–C) groups is 2. The van der Waals surface area contributed by atoms with Crippen LogP contribution in [0.4, 0.5) is 0 Å². The molecule has 5 atom stereocenters. The Bertz CT molecular complexity index is 3120. The van der Waals surface area contributed by atoms with Crippen LogP contribution in [0, 0.1) is 34.5 Å². The van der Waals surface area contributed by atoms with E-state index >= 15 is 0 Å². The van der Waals surface area contributed by atoms with Gasteiger partial charge >= 0.3 is 0 Å². The molecule has 1 aromatic heterocycles. The summed E-state index contributed by atoms with van der Waals surface area (Å²) in [5.41, 5.74) is 10.1. The van der Waals surface area contributed by atoms with Gasteiger partial charge < -0.3 is 4.57 Å². The maximum absolute atomic E-state index is 9.48. The van der Waals surface area contributed by atoms with Crippen molar-refractivity contribution in [2.75, 3.05) is 0 Å². The highest BCUT2D eigenvalue weighted by molar-refractivity contribution is 6.13. The molecule has 5 heteroatoms. The van der Waals surface area contributed by atoms with Gasteiger partial charge in [-0.2, -0.15) is 5.26 Å². The predicted molar refractivity (Wildman–Crippen MR) is 245 cm³/mol. The molecule has 0 amide bonds. The first-order chi connectivity index (χ1) is 29.5. The van der Waals surface area contributed by atoms with E-state index in [1.807, 2.05) is 36.5 Å². The molecule has 5 nitrogen and oxygen atoms in total. The van der Waals surface area contributed by atoms with Crippen molar-refractivity contribution in [2.24, 2.45) is 27.7 Å². The van der Waals surface area contributed by atoms with Crippen molar-refractivity contribution in [3.8, 4) is 11.8 Å². The van der Waals surface area contributed by atoms with Crippen LogP contribution < -0.4 is 10.6 Å². The van der Waals surface area contributed by atoms with Gasteiger partial charge in [-0.15, -0.1) is 0 Å². The fraction of sp³-hybridized carbons (Fsp3) is 0.127. The van der Waals surface area contributed by atoms with Gasteiger partial charge in [0, 0.05) is 45.5 Å². The number of para-hydroxylation sites is 1. The number of amidine groups is 2. The molecule has 3 aliphatic rings. The zero-order valence-corrected chi connectivity index (χ0v) is 33.6. The number of allylic oxidation sites excluding steroid dienone is 4. The molecule has 0 fully saturated rings. The zero-order valence-electron chi connectivity index (χ0n) is 33.6. The number of rotatable bonds is 6. The smallest absolute Gasteiger partial charge is 0.161 e. The fourth-order valence-electron chi connectivity index (χ4n) is 10.2. The third-order valence-electron chi connectivity index (χ3n) is 12.7. The lowest BCUT2D eigenvalue weighted by molar-refractivity contribution is 0.386. The standard InChI is InChI=1S/C55H43N5/c1-36-17-9-12-28-47(36)55(42-23-7-4-8-24-42)48-29-13-10-27-45(48)50-37(2)31-46-44-26-11-14-30-49(44)60(52(46)51(50)55)43-25-16-19-39(33-43)35-58-54(40-20-5-3-6-21-40)59-53(57)41-22-15-18-38(32-41)34-56/h3-33,35-37,47,50,57H,1-2H3. The summed E-state index contributed by atoms with van der Waals surface area (Å²) >= 11 is 0. The Hall–Kier alpha value is -7.42. The van der Waals surface area contributed by atoms with E-state index in [1.54, 1.807) is 24.3 Å². The second-order valence-corrected chi connectivity index (χ2v) is 16.1. The molecule has 0 bridgehead atoms. The number of hydrogen-bond acceptors (Lipinski definition) is 2. The molecule has 3 aliphatic carbocycles. The van der Waals surface area contributed by atoms with Crippen LogP contribution in [0.1, 0.15) is 58.7 Å². The molecule has 1 N–H and O–H groups in total. The normalized spacial score (nSPS) is 21.6. The van der Waals surface area contributed by atoms with Crippen LogP contribution >= 0.6 is 0 Å². The van der Waals surface area contributed by atoms with E-state index in [2.05, 4.69) is 158 Å². The molecule has 0 aliphatic heterocycles. The second kappa shape index (κ2) is 15.1. The van der Waals surface area contributed by atoms with Gasteiger partial charge in [-0.1, -0.05) is 172 Å². The van der Waals surface area contributed by atoms with Crippen molar-refractivity contribution < 1.29 is 0 Å². The number of nitriles is 1. The Kier molecular flexibility index (Phi) is 9.26. The first-order valence-corrected chi connectivity index (χ1v) is 20.7. The van der Waals surface area contributed by atoms with E-state index in [1.165, 1.54) is 38.2 Å². The Morgan fingerprint density at radius 2 is 1.45 bits per heavy atom.